The molecular formula is C14H12N2O4. The van der Waals surface area contributed by atoms with Gasteiger partial charge >= 0.3 is 5.97 Å². The van der Waals surface area contributed by atoms with Crippen LogP contribution in [0, 0.1) is 0 Å². The molecule has 1 aromatic carbocycles. The Morgan fingerprint density at radius 1 is 1.25 bits per heavy atom. The van der Waals surface area contributed by atoms with Crippen LogP contribution in [0.5, 0.6) is 5.75 Å². The molecule has 0 spiro atoms. The molecule has 1 amide bonds. The second-order valence-corrected chi connectivity index (χ2v) is 4.12. The number of amides is 1. The molecule has 6 nitrogen and oxygen atoms in total. The number of carbonyl (C=O) groups is 2. The van der Waals surface area contributed by atoms with Crippen molar-refractivity contribution in [2.75, 3.05) is 5.32 Å². The fourth-order valence-corrected chi connectivity index (χ4v) is 1.68. The van der Waals surface area contributed by atoms with Gasteiger partial charge in [0.1, 0.15) is 11.3 Å². The number of aromatic hydroxyl groups is 1. The van der Waals surface area contributed by atoms with E-state index in [2.05, 4.69) is 10.3 Å². The number of carboxylic acids is 1. The number of nitrogens with zero attached hydrogens (tertiary/aromatic N) is 1. The molecule has 0 fully saturated rings. The second-order valence-electron chi connectivity index (χ2n) is 4.12. The Bertz CT molecular complexity index is 641. The fourth-order valence-electron chi connectivity index (χ4n) is 1.68. The van der Waals surface area contributed by atoms with Gasteiger partial charge in [-0.1, -0.05) is 6.07 Å². The summed E-state index contributed by atoms with van der Waals surface area (Å²) in [5.74, 6) is -1.89. The number of nitrogens with one attached hydrogen (secondary N) is 1. The van der Waals surface area contributed by atoms with Crippen LogP contribution in [0.25, 0.3) is 0 Å². The van der Waals surface area contributed by atoms with E-state index in [1.807, 2.05) is 0 Å². The number of rotatable bonds is 4. The number of pyridine rings is 1. The number of benzene rings is 1. The highest BCUT2D eigenvalue weighted by atomic mass is 16.4. The highest BCUT2D eigenvalue weighted by molar-refractivity contribution is 5.96. The molecule has 1 aromatic heterocycles. The van der Waals surface area contributed by atoms with E-state index in [1.165, 1.54) is 18.2 Å². The summed E-state index contributed by atoms with van der Waals surface area (Å²) in [6.07, 6.45) is 3.33. The zero-order chi connectivity index (χ0) is 14.5. The van der Waals surface area contributed by atoms with E-state index >= 15 is 0 Å². The average Bonchev–Trinajstić information content (AvgIpc) is 2.41. The van der Waals surface area contributed by atoms with Crippen molar-refractivity contribution in [1.82, 2.24) is 4.98 Å². The molecular weight excluding hydrogens is 260 g/mol. The molecule has 0 bridgehead atoms. The Morgan fingerprint density at radius 2 is 2.05 bits per heavy atom. The molecule has 0 aliphatic heterocycles. The first kappa shape index (κ1) is 13.5. The van der Waals surface area contributed by atoms with Gasteiger partial charge in [0.05, 0.1) is 6.42 Å². The van der Waals surface area contributed by atoms with Crippen molar-refractivity contribution >= 4 is 17.6 Å². The first-order valence-electron chi connectivity index (χ1n) is 5.81. The summed E-state index contributed by atoms with van der Waals surface area (Å²) >= 11 is 0. The number of aromatic carboxylic acids is 1. The van der Waals surface area contributed by atoms with Crippen molar-refractivity contribution in [3.05, 3.63) is 53.9 Å². The third-order valence-corrected chi connectivity index (χ3v) is 2.60. The molecule has 102 valence electrons. The van der Waals surface area contributed by atoms with Crippen molar-refractivity contribution in [3.63, 3.8) is 0 Å². The highest BCUT2D eigenvalue weighted by Gasteiger charge is 2.11. The van der Waals surface area contributed by atoms with Gasteiger partial charge in [-0.05, 0) is 29.8 Å². The van der Waals surface area contributed by atoms with E-state index in [4.69, 9.17) is 5.11 Å². The lowest BCUT2D eigenvalue weighted by Crippen LogP contribution is -2.14. The van der Waals surface area contributed by atoms with Gasteiger partial charge in [-0.2, -0.15) is 0 Å². The summed E-state index contributed by atoms with van der Waals surface area (Å²) in [5.41, 5.74) is 0.806. The summed E-state index contributed by atoms with van der Waals surface area (Å²) in [4.78, 5) is 26.6. The van der Waals surface area contributed by atoms with Crippen molar-refractivity contribution in [2.45, 2.75) is 6.42 Å². The third-order valence-electron chi connectivity index (χ3n) is 2.60. The normalized spacial score (nSPS) is 10.0. The molecule has 0 atom stereocenters. The lowest BCUT2D eigenvalue weighted by atomic mass is 10.1. The van der Waals surface area contributed by atoms with E-state index in [1.54, 1.807) is 24.5 Å². The zero-order valence-electron chi connectivity index (χ0n) is 10.4. The van der Waals surface area contributed by atoms with E-state index in [0.29, 0.717) is 5.69 Å². The maximum atomic E-state index is 11.8. The van der Waals surface area contributed by atoms with Crippen molar-refractivity contribution in [2.24, 2.45) is 0 Å². The molecule has 1 heterocycles. The number of carbonyl (C=O) groups excluding carboxylic acids is 1. The van der Waals surface area contributed by atoms with E-state index in [-0.39, 0.29) is 23.6 Å². The largest absolute Gasteiger partial charge is 0.507 e. The van der Waals surface area contributed by atoms with Gasteiger partial charge in [-0.25, -0.2) is 4.79 Å². The third kappa shape index (κ3) is 3.32. The summed E-state index contributed by atoms with van der Waals surface area (Å²) in [6.45, 7) is 0. The minimum Gasteiger partial charge on any atom is -0.507 e. The predicted octanol–water partition coefficient (Wildman–Crippen LogP) is 1.67. The summed E-state index contributed by atoms with van der Waals surface area (Å²) in [7, 11) is 0. The van der Waals surface area contributed by atoms with Crippen molar-refractivity contribution < 1.29 is 19.8 Å². The van der Waals surface area contributed by atoms with Crippen molar-refractivity contribution in [1.29, 1.82) is 0 Å². The number of hydrogen-bond acceptors (Lipinski definition) is 4. The molecule has 0 unspecified atom stereocenters. The van der Waals surface area contributed by atoms with E-state index in [9.17, 15) is 14.7 Å². The minimum atomic E-state index is -1.26. The maximum absolute atomic E-state index is 11.8. The van der Waals surface area contributed by atoms with Gasteiger partial charge in [0.15, 0.2) is 0 Å². The maximum Gasteiger partial charge on any atom is 0.339 e. The second kappa shape index (κ2) is 5.83. The van der Waals surface area contributed by atoms with Gasteiger partial charge in [0, 0.05) is 18.1 Å². The van der Waals surface area contributed by atoms with Crippen LogP contribution in [-0.4, -0.2) is 27.1 Å². The Hall–Kier alpha value is -2.89. The molecule has 2 rings (SSSR count). The Balaban J connectivity index is 2.08. The van der Waals surface area contributed by atoms with Crippen LogP contribution in [-0.2, 0) is 11.2 Å². The predicted molar refractivity (Wildman–Crippen MR) is 71.6 cm³/mol. The van der Waals surface area contributed by atoms with Crippen LogP contribution in [0.3, 0.4) is 0 Å². The topological polar surface area (TPSA) is 99.5 Å². The molecule has 0 aliphatic carbocycles. The van der Waals surface area contributed by atoms with Crippen LogP contribution in [0.15, 0.2) is 42.7 Å². The van der Waals surface area contributed by atoms with Crippen molar-refractivity contribution in [3.8, 4) is 5.75 Å². The number of aromatic nitrogens is 1. The molecule has 0 saturated heterocycles. The Labute approximate surface area is 114 Å². The van der Waals surface area contributed by atoms with E-state index < -0.39 is 5.97 Å². The molecule has 0 aliphatic rings. The van der Waals surface area contributed by atoms with Gasteiger partial charge in [-0.15, -0.1) is 0 Å². The summed E-state index contributed by atoms with van der Waals surface area (Å²) in [5, 5.41) is 20.8. The van der Waals surface area contributed by atoms with Gasteiger partial charge in [0.2, 0.25) is 5.91 Å². The Kier molecular flexibility index (Phi) is 3.95. The molecule has 0 saturated carbocycles. The monoisotopic (exact) mass is 272 g/mol. The smallest absolute Gasteiger partial charge is 0.339 e. The molecule has 2 aromatic rings. The zero-order valence-corrected chi connectivity index (χ0v) is 10.4. The molecule has 0 radical (unpaired) electrons. The lowest BCUT2D eigenvalue weighted by molar-refractivity contribution is -0.115. The summed E-state index contributed by atoms with van der Waals surface area (Å²) < 4.78 is 0. The lowest BCUT2D eigenvalue weighted by Gasteiger charge is -2.07. The SMILES string of the molecule is O=C(Cc1cccnc1)Nc1ccc(O)c(C(=O)O)c1. The number of carboxylic acid groups (broad SMARTS) is 1. The number of phenols is 1. The first-order chi connectivity index (χ1) is 9.56. The van der Waals surface area contributed by atoms with Gasteiger partial charge in [-0.3, -0.25) is 9.78 Å². The van der Waals surface area contributed by atoms with Crippen LogP contribution >= 0.6 is 0 Å². The van der Waals surface area contributed by atoms with Crippen LogP contribution in [0.4, 0.5) is 5.69 Å². The molecule has 20 heavy (non-hydrogen) atoms. The highest BCUT2D eigenvalue weighted by Crippen LogP contribution is 2.21. The fraction of sp³-hybridized carbons (Fsp3) is 0.0714. The van der Waals surface area contributed by atoms with Crippen LogP contribution < -0.4 is 5.32 Å². The standard InChI is InChI=1S/C14H12N2O4/c17-12-4-3-10(7-11(12)14(19)20)16-13(18)6-9-2-1-5-15-8-9/h1-5,7-8,17H,6H2,(H,16,18)(H,19,20). The minimum absolute atomic E-state index is 0.136. The summed E-state index contributed by atoms with van der Waals surface area (Å²) in [6, 6.07) is 7.36. The Morgan fingerprint density at radius 3 is 2.70 bits per heavy atom. The molecule has 6 heteroatoms. The average molecular weight is 272 g/mol. The number of anilines is 1. The van der Waals surface area contributed by atoms with E-state index in [0.717, 1.165) is 5.56 Å². The quantitative estimate of drug-likeness (QED) is 0.735. The van der Waals surface area contributed by atoms with Gasteiger partial charge < -0.3 is 15.5 Å². The number of hydrogen-bond donors (Lipinski definition) is 3. The van der Waals surface area contributed by atoms with Crippen LogP contribution in [0.2, 0.25) is 0 Å². The first-order valence-corrected chi connectivity index (χ1v) is 5.81. The van der Waals surface area contributed by atoms with Gasteiger partial charge in [0.25, 0.3) is 0 Å². The van der Waals surface area contributed by atoms with Crippen LogP contribution in [0.1, 0.15) is 15.9 Å². The molecule has 3 N–H and O–H groups in total.